The molecule has 20 heavy (non-hydrogen) atoms. The van der Waals surface area contributed by atoms with E-state index in [1.165, 1.54) is 0 Å². The van der Waals surface area contributed by atoms with Gasteiger partial charge in [-0.2, -0.15) is 0 Å². The van der Waals surface area contributed by atoms with Crippen LogP contribution in [0.3, 0.4) is 0 Å². The number of amides is 2. The van der Waals surface area contributed by atoms with Crippen LogP contribution in [0, 0.1) is 0 Å². The predicted molar refractivity (Wildman–Crippen MR) is 80.9 cm³/mol. The van der Waals surface area contributed by atoms with Gasteiger partial charge in [0.1, 0.15) is 6.10 Å². The van der Waals surface area contributed by atoms with Gasteiger partial charge in [-0.25, -0.2) is 9.78 Å². The summed E-state index contributed by atoms with van der Waals surface area (Å²) in [4.78, 5) is 20.1. The topological polar surface area (TPSA) is 45.7 Å². The highest BCUT2D eigenvalue weighted by Crippen LogP contribution is 2.24. The number of hydrogen-bond donors (Lipinski definition) is 0. The monoisotopic (exact) mass is 341 g/mol. The van der Waals surface area contributed by atoms with Crippen LogP contribution >= 0.6 is 15.9 Å². The maximum absolute atomic E-state index is 12.2. The lowest BCUT2D eigenvalue weighted by molar-refractivity contribution is 0.154. The van der Waals surface area contributed by atoms with Crippen LogP contribution in [0.15, 0.2) is 22.8 Å². The van der Waals surface area contributed by atoms with Crippen LogP contribution in [0.2, 0.25) is 0 Å². The second-order valence-corrected chi connectivity index (χ2v) is 5.57. The minimum atomic E-state index is 0.0145. The van der Waals surface area contributed by atoms with E-state index in [0.29, 0.717) is 12.4 Å². The minimum Gasteiger partial charge on any atom is -0.472 e. The zero-order valence-corrected chi connectivity index (χ0v) is 13.5. The molecule has 1 saturated heterocycles. The van der Waals surface area contributed by atoms with Crippen molar-refractivity contribution in [3.63, 3.8) is 0 Å². The summed E-state index contributed by atoms with van der Waals surface area (Å²) in [7, 11) is 0. The number of nitrogens with zero attached hydrogens (tertiary/aromatic N) is 3. The van der Waals surface area contributed by atoms with Crippen LogP contribution < -0.4 is 4.74 Å². The maximum Gasteiger partial charge on any atom is 0.320 e. The molecule has 1 atom stereocenters. The van der Waals surface area contributed by atoms with Crippen molar-refractivity contribution in [3.05, 3.63) is 22.8 Å². The minimum absolute atomic E-state index is 0.0145. The molecule has 0 bridgehead atoms. The standard InChI is InChI=1S/C14H20BrN3O2/c1-3-17(4-2)14(19)18-9-7-11(10-18)20-13-12(15)6-5-8-16-13/h5-6,8,11H,3-4,7,9-10H2,1-2H3. The number of ether oxygens (including phenoxy) is 1. The number of carbonyl (C=O) groups is 1. The summed E-state index contributed by atoms with van der Waals surface area (Å²) in [6.07, 6.45) is 2.56. The van der Waals surface area contributed by atoms with Gasteiger partial charge in [0.2, 0.25) is 5.88 Å². The molecular formula is C14H20BrN3O2. The molecule has 2 rings (SSSR count). The fourth-order valence-corrected chi connectivity index (χ4v) is 2.66. The van der Waals surface area contributed by atoms with E-state index in [-0.39, 0.29) is 12.1 Å². The van der Waals surface area contributed by atoms with Crippen molar-refractivity contribution < 1.29 is 9.53 Å². The lowest BCUT2D eigenvalue weighted by Gasteiger charge is -2.25. The average molecular weight is 342 g/mol. The van der Waals surface area contributed by atoms with Gasteiger partial charge in [0.15, 0.2) is 0 Å². The Kier molecular flexibility index (Phi) is 5.23. The van der Waals surface area contributed by atoms with Crippen LogP contribution in [0.1, 0.15) is 20.3 Å². The normalized spacial score (nSPS) is 18.1. The zero-order valence-electron chi connectivity index (χ0n) is 11.9. The van der Waals surface area contributed by atoms with Crippen molar-refractivity contribution in [1.82, 2.24) is 14.8 Å². The van der Waals surface area contributed by atoms with E-state index in [9.17, 15) is 4.79 Å². The van der Waals surface area contributed by atoms with Crippen molar-refractivity contribution in [3.8, 4) is 5.88 Å². The molecule has 1 aromatic rings. The summed E-state index contributed by atoms with van der Waals surface area (Å²) >= 11 is 3.42. The Bertz CT molecular complexity index is 465. The summed E-state index contributed by atoms with van der Waals surface area (Å²) in [6, 6.07) is 3.85. The highest BCUT2D eigenvalue weighted by molar-refractivity contribution is 9.10. The van der Waals surface area contributed by atoms with Crippen molar-refractivity contribution in [2.75, 3.05) is 26.2 Å². The lowest BCUT2D eigenvalue weighted by atomic mass is 10.3. The molecule has 1 aromatic heterocycles. The molecule has 0 spiro atoms. The molecule has 1 unspecified atom stereocenters. The Morgan fingerprint density at radius 3 is 2.95 bits per heavy atom. The number of rotatable bonds is 4. The van der Waals surface area contributed by atoms with Gasteiger partial charge in [0, 0.05) is 32.3 Å². The van der Waals surface area contributed by atoms with Crippen molar-refractivity contribution in [2.24, 2.45) is 0 Å². The average Bonchev–Trinajstić information content (AvgIpc) is 2.91. The highest BCUT2D eigenvalue weighted by Gasteiger charge is 2.30. The number of urea groups is 1. The fourth-order valence-electron chi connectivity index (χ4n) is 2.31. The molecule has 0 aliphatic carbocycles. The fraction of sp³-hybridized carbons (Fsp3) is 0.571. The van der Waals surface area contributed by atoms with Gasteiger partial charge in [-0.05, 0) is 41.9 Å². The van der Waals surface area contributed by atoms with E-state index in [1.807, 2.05) is 35.8 Å². The molecule has 5 nitrogen and oxygen atoms in total. The Morgan fingerprint density at radius 1 is 1.55 bits per heavy atom. The Morgan fingerprint density at radius 2 is 2.30 bits per heavy atom. The summed E-state index contributed by atoms with van der Waals surface area (Å²) in [5.41, 5.74) is 0. The quantitative estimate of drug-likeness (QED) is 0.845. The maximum atomic E-state index is 12.2. The molecule has 1 aliphatic heterocycles. The van der Waals surface area contributed by atoms with E-state index < -0.39 is 0 Å². The molecule has 1 aliphatic rings. The van der Waals surface area contributed by atoms with E-state index in [0.717, 1.165) is 30.5 Å². The zero-order chi connectivity index (χ0) is 14.5. The number of likely N-dealkylation sites (tertiary alicyclic amines) is 1. The van der Waals surface area contributed by atoms with Crippen LogP contribution in [0.4, 0.5) is 4.79 Å². The van der Waals surface area contributed by atoms with Gasteiger partial charge < -0.3 is 14.5 Å². The van der Waals surface area contributed by atoms with Gasteiger partial charge in [0.25, 0.3) is 0 Å². The van der Waals surface area contributed by atoms with Crippen molar-refractivity contribution in [1.29, 1.82) is 0 Å². The molecule has 0 radical (unpaired) electrons. The number of carbonyl (C=O) groups excluding carboxylic acids is 1. The Balaban J connectivity index is 1.93. The third kappa shape index (κ3) is 3.42. The lowest BCUT2D eigenvalue weighted by Crippen LogP contribution is -2.42. The first-order valence-electron chi connectivity index (χ1n) is 6.96. The first-order chi connectivity index (χ1) is 9.65. The van der Waals surface area contributed by atoms with E-state index in [4.69, 9.17) is 4.74 Å². The van der Waals surface area contributed by atoms with Gasteiger partial charge in [-0.1, -0.05) is 0 Å². The van der Waals surface area contributed by atoms with Gasteiger partial charge in [-0.3, -0.25) is 0 Å². The Hall–Kier alpha value is -1.30. The van der Waals surface area contributed by atoms with Gasteiger partial charge in [-0.15, -0.1) is 0 Å². The van der Waals surface area contributed by atoms with Crippen molar-refractivity contribution in [2.45, 2.75) is 26.4 Å². The van der Waals surface area contributed by atoms with Crippen LogP contribution in [-0.4, -0.2) is 53.1 Å². The van der Waals surface area contributed by atoms with Gasteiger partial charge >= 0.3 is 6.03 Å². The molecule has 0 N–H and O–H groups in total. The SMILES string of the molecule is CCN(CC)C(=O)N1CCC(Oc2ncccc2Br)C1. The molecule has 2 heterocycles. The second-order valence-electron chi connectivity index (χ2n) is 4.72. The highest BCUT2D eigenvalue weighted by atomic mass is 79.9. The molecule has 110 valence electrons. The molecule has 0 saturated carbocycles. The molecule has 0 aromatic carbocycles. The summed E-state index contributed by atoms with van der Waals surface area (Å²) in [5, 5.41) is 0. The predicted octanol–water partition coefficient (Wildman–Crippen LogP) is 2.76. The number of aromatic nitrogens is 1. The first-order valence-corrected chi connectivity index (χ1v) is 7.76. The third-order valence-corrected chi connectivity index (χ3v) is 4.06. The molecule has 6 heteroatoms. The smallest absolute Gasteiger partial charge is 0.320 e. The van der Waals surface area contributed by atoms with E-state index >= 15 is 0 Å². The molecule has 1 fully saturated rings. The third-order valence-electron chi connectivity index (χ3n) is 3.45. The molecular weight excluding hydrogens is 322 g/mol. The summed E-state index contributed by atoms with van der Waals surface area (Å²) in [5.74, 6) is 0.592. The summed E-state index contributed by atoms with van der Waals surface area (Å²) in [6.45, 7) is 6.84. The second kappa shape index (κ2) is 6.92. The molecule has 2 amide bonds. The summed E-state index contributed by atoms with van der Waals surface area (Å²) < 4.78 is 6.70. The largest absolute Gasteiger partial charge is 0.472 e. The van der Waals surface area contributed by atoms with Crippen molar-refractivity contribution >= 4 is 22.0 Å². The number of hydrogen-bond acceptors (Lipinski definition) is 3. The van der Waals surface area contributed by atoms with Crippen LogP contribution in [0.5, 0.6) is 5.88 Å². The van der Waals surface area contributed by atoms with Crippen LogP contribution in [0.25, 0.3) is 0 Å². The number of halogens is 1. The van der Waals surface area contributed by atoms with Gasteiger partial charge in [0.05, 0.1) is 11.0 Å². The first kappa shape index (κ1) is 15.1. The van der Waals surface area contributed by atoms with E-state index in [1.54, 1.807) is 6.20 Å². The number of pyridine rings is 1. The van der Waals surface area contributed by atoms with E-state index in [2.05, 4.69) is 20.9 Å². The van der Waals surface area contributed by atoms with Crippen LogP contribution in [-0.2, 0) is 0 Å². The Labute approximate surface area is 128 Å².